The van der Waals surface area contributed by atoms with Crippen molar-refractivity contribution in [2.45, 2.75) is 77.2 Å². The van der Waals surface area contributed by atoms with Gasteiger partial charge in [0.15, 0.2) is 0 Å². The number of piperidine rings is 1. The molecule has 2 aliphatic rings. The lowest BCUT2D eigenvalue weighted by molar-refractivity contribution is 0.00715. The van der Waals surface area contributed by atoms with Crippen molar-refractivity contribution in [2.75, 3.05) is 13.1 Å². The topological polar surface area (TPSA) is 71.5 Å². The van der Waals surface area contributed by atoms with E-state index in [0.717, 1.165) is 25.0 Å². The summed E-state index contributed by atoms with van der Waals surface area (Å²) in [5.74, 6) is 0. The predicted molar refractivity (Wildman–Crippen MR) is 109 cm³/mol. The van der Waals surface area contributed by atoms with Gasteiger partial charge in [-0.15, -0.1) is 11.3 Å². The molecule has 152 valence electrons. The van der Waals surface area contributed by atoms with E-state index in [9.17, 15) is 9.00 Å². The Kier molecular flexibility index (Phi) is 5.47. The Morgan fingerprint density at radius 1 is 1.30 bits per heavy atom. The SMILES string of the molecule is CC(C)(C)OC(=O)N1CCC2(CC1)Cc1scnc1[C@H]2NS(=O)C(C)(C)C. The summed E-state index contributed by atoms with van der Waals surface area (Å²) in [6, 6.07) is -0.0282. The molecule has 3 rings (SSSR count). The fourth-order valence-corrected chi connectivity index (χ4v) is 5.63. The van der Waals surface area contributed by atoms with Crippen LogP contribution < -0.4 is 4.72 Å². The minimum atomic E-state index is -1.17. The summed E-state index contributed by atoms with van der Waals surface area (Å²) in [5, 5.41) is 0. The van der Waals surface area contributed by atoms with Crippen LogP contribution in [0, 0.1) is 5.41 Å². The molecule has 0 radical (unpaired) electrons. The average molecular weight is 414 g/mol. The van der Waals surface area contributed by atoms with Crippen molar-refractivity contribution < 1.29 is 13.7 Å². The van der Waals surface area contributed by atoms with Crippen molar-refractivity contribution in [3.8, 4) is 0 Å². The number of hydrogen-bond acceptors (Lipinski definition) is 5. The molecule has 1 aliphatic heterocycles. The first-order chi connectivity index (χ1) is 12.4. The van der Waals surface area contributed by atoms with E-state index in [1.165, 1.54) is 4.88 Å². The van der Waals surface area contributed by atoms with Crippen molar-refractivity contribution in [2.24, 2.45) is 5.41 Å². The molecule has 0 bridgehead atoms. The molecule has 1 saturated heterocycles. The van der Waals surface area contributed by atoms with E-state index in [2.05, 4.69) is 9.71 Å². The van der Waals surface area contributed by atoms with Crippen LogP contribution in [0.2, 0.25) is 0 Å². The van der Waals surface area contributed by atoms with Gasteiger partial charge < -0.3 is 9.64 Å². The van der Waals surface area contributed by atoms with Gasteiger partial charge in [-0.05, 0) is 60.8 Å². The van der Waals surface area contributed by atoms with Gasteiger partial charge in [-0.25, -0.2) is 18.7 Å². The van der Waals surface area contributed by atoms with Crippen LogP contribution in [-0.2, 0) is 22.1 Å². The van der Waals surface area contributed by atoms with Crippen LogP contribution in [0.1, 0.15) is 71.0 Å². The molecule has 1 aromatic heterocycles. The monoisotopic (exact) mass is 413 g/mol. The Hall–Kier alpha value is -0.990. The number of hydrogen-bond donors (Lipinski definition) is 1. The molecule has 6 nitrogen and oxygen atoms in total. The van der Waals surface area contributed by atoms with Crippen LogP contribution in [0.25, 0.3) is 0 Å². The molecule has 1 amide bonds. The maximum atomic E-state index is 12.8. The molecule has 8 heteroatoms. The molecule has 2 heterocycles. The van der Waals surface area contributed by atoms with Crippen LogP contribution in [0.3, 0.4) is 0 Å². The number of carbonyl (C=O) groups excluding carboxylic acids is 1. The number of rotatable bonds is 2. The molecular weight excluding hydrogens is 382 g/mol. The summed E-state index contributed by atoms with van der Waals surface area (Å²) in [5.41, 5.74) is 2.40. The normalized spacial score (nSPS) is 23.3. The number of aromatic nitrogens is 1. The molecule has 1 N–H and O–H groups in total. The third-order valence-corrected chi connectivity index (χ3v) is 7.67. The molecule has 0 saturated carbocycles. The minimum Gasteiger partial charge on any atom is -0.444 e. The molecule has 1 unspecified atom stereocenters. The highest BCUT2D eigenvalue weighted by Crippen LogP contribution is 2.53. The second kappa shape index (κ2) is 7.12. The quantitative estimate of drug-likeness (QED) is 0.800. The van der Waals surface area contributed by atoms with E-state index in [4.69, 9.17) is 4.74 Å². The molecular formula is C19H31N3O3S2. The van der Waals surface area contributed by atoms with E-state index < -0.39 is 16.6 Å². The molecule has 1 fully saturated rings. The molecule has 27 heavy (non-hydrogen) atoms. The van der Waals surface area contributed by atoms with Crippen LogP contribution in [0.4, 0.5) is 4.79 Å². The van der Waals surface area contributed by atoms with E-state index in [1.807, 2.05) is 47.1 Å². The highest BCUT2D eigenvalue weighted by molar-refractivity contribution is 7.84. The van der Waals surface area contributed by atoms with Gasteiger partial charge in [0.2, 0.25) is 0 Å². The predicted octanol–water partition coefficient (Wildman–Crippen LogP) is 3.81. The van der Waals surface area contributed by atoms with Crippen molar-refractivity contribution in [1.29, 1.82) is 0 Å². The first kappa shape index (κ1) is 20.7. The maximum Gasteiger partial charge on any atom is 0.410 e. The van der Waals surface area contributed by atoms with Crippen LogP contribution in [0.15, 0.2) is 5.51 Å². The third-order valence-electron chi connectivity index (χ3n) is 5.26. The molecule has 1 aliphatic carbocycles. The number of fused-ring (bicyclic) bond motifs is 1. The summed E-state index contributed by atoms with van der Waals surface area (Å²) in [7, 11) is -1.17. The molecule has 2 atom stereocenters. The first-order valence-corrected chi connectivity index (χ1v) is 11.5. The Labute approximate surface area is 168 Å². The largest absolute Gasteiger partial charge is 0.444 e. The second-order valence-electron chi connectivity index (χ2n) is 9.60. The number of carbonyl (C=O) groups is 1. The summed E-state index contributed by atoms with van der Waals surface area (Å²) < 4.78 is 21.4. The number of nitrogens with zero attached hydrogens (tertiary/aromatic N) is 2. The highest BCUT2D eigenvalue weighted by Gasteiger charge is 2.51. The zero-order valence-corrected chi connectivity index (χ0v) is 18.8. The van der Waals surface area contributed by atoms with E-state index in [0.29, 0.717) is 13.1 Å². The van der Waals surface area contributed by atoms with E-state index in [1.54, 1.807) is 16.2 Å². The Morgan fingerprint density at radius 2 is 1.93 bits per heavy atom. The number of nitrogens with one attached hydrogen (secondary N) is 1. The number of likely N-dealkylation sites (tertiary alicyclic amines) is 1. The van der Waals surface area contributed by atoms with Gasteiger partial charge in [0.25, 0.3) is 0 Å². The zero-order valence-electron chi connectivity index (χ0n) is 17.1. The average Bonchev–Trinajstić information content (AvgIpc) is 3.07. The fraction of sp³-hybridized carbons (Fsp3) is 0.789. The first-order valence-electron chi connectivity index (χ1n) is 9.50. The van der Waals surface area contributed by atoms with Gasteiger partial charge in [-0.2, -0.15) is 0 Å². The maximum absolute atomic E-state index is 12.8. The van der Waals surface area contributed by atoms with Gasteiger partial charge in [0, 0.05) is 23.4 Å². The standard InChI is InChI=1S/C19H31N3O3S2/c1-17(2,3)25-16(23)22-9-7-19(8-10-22)11-13-14(20-12-26-13)15(19)21-27(24)18(4,5)6/h12,15,21H,7-11H2,1-6H3/t15-,27?/m1/s1. The van der Waals surface area contributed by atoms with Crippen molar-refractivity contribution in [3.63, 3.8) is 0 Å². The van der Waals surface area contributed by atoms with Crippen LogP contribution in [-0.4, -0.2) is 43.6 Å². The smallest absolute Gasteiger partial charge is 0.410 e. The number of thiazole rings is 1. The van der Waals surface area contributed by atoms with E-state index in [-0.39, 0.29) is 22.3 Å². The lowest BCUT2D eigenvalue weighted by atomic mass is 9.74. The number of ether oxygens (including phenoxy) is 1. The lowest BCUT2D eigenvalue weighted by Gasteiger charge is -2.43. The third kappa shape index (κ3) is 4.38. The van der Waals surface area contributed by atoms with Gasteiger partial charge in [-0.1, -0.05) is 0 Å². The summed E-state index contributed by atoms with van der Waals surface area (Å²) in [6.07, 6.45) is 2.41. The fourth-order valence-electron chi connectivity index (χ4n) is 3.75. The molecule has 1 spiro atoms. The molecule has 0 aromatic carbocycles. The zero-order chi connectivity index (χ0) is 20.0. The lowest BCUT2D eigenvalue weighted by Crippen LogP contribution is -2.50. The van der Waals surface area contributed by atoms with Gasteiger partial charge in [0.05, 0.1) is 33.0 Å². The van der Waals surface area contributed by atoms with E-state index >= 15 is 0 Å². The summed E-state index contributed by atoms with van der Waals surface area (Å²) in [6.45, 7) is 12.9. The van der Waals surface area contributed by atoms with Gasteiger partial charge in [0.1, 0.15) is 5.60 Å². The summed E-state index contributed by atoms with van der Waals surface area (Å²) >= 11 is 1.68. The Balaban J connectivity index is 1.74. The Morgan fingerprint density at radius 3 is 2.48 bits per heavy atom. The highest BCUT2D eigenvalue weighted by atomic mass is 32.2. The van der Waals surface area contributed by atoms with Crippen molar-refractivity contribution in [1.82, 2.24) is 14.6 Å². The van der Waals surface area contributed by atoms with Gasteiger partial charge >= 0.3 is 6.09 Å². The van der Waals surface area contributed by atoms with Gasteiger partial charge in [-0.3, -0.25) is 0 Å². The van der Waals surface area contributed by atoms with Crippen LogP contribution >= 0.6 is 11.3 Å². The van der Waals surface area contributed by atoms with Crippen molar-refractivity contribution in [3.05, 3.63) is 16.1 Å². The van der Waals surface area contributed by atoms with Crippen molar-refractivity contribution >= 4 is 28.4 Å². The van der Waals surface area contributed by atoms with Crippen LogP contribution in [0.5, 0.6) is 0 Å². The second-order valence-corrected chi connectivity index (χ2v) is 12.5. The number of amides is 1. The molecule has 1 aromatic rings. The Bertz CT molecular complexity index is 725. The minimum absolute atomic E-state index is 0.0282. The summed E-state index contributed by atoms with van der Waals surface area (Å²) in [4.78, 5) is 20.1.